The van der Waals surface area contributed by atoms with Gasteiger partial charge in [-0.25, -0.2) is 0 Å². The number of allylic oxidation sites excluding steroid dienone is 2. The molecule has 0 spiro atoms. The summed E-state index contributed by atoms with van der Waals surface area (Å²) in [6, 6.07) is 0. The minimum Gasteiger partial charge on any atom is -0.103 e. The van der Waals surface area contributed by atoms with Crippen LogP contribution in [0.25, 0.3) is 0 Å². The Morgan fingerprint density at radius 3 is 2.50 bits per heavy atom. The maximum atomic E-state index is 3.49. The molecule has 0 heterocycles. The molecular weight excluding hydrogens is 104 g/mol. The van der Waals surface area contributed by atoms with E-state index in [0.29, 0.717) is 0 Å². The first kappa shape index (κ1) is 5.91. The van der Waals surface area contributed by atoms with Crippen LogP contribution in [0.1, 0.15) is 0 Å². The molecule has 0 aromatic heterocycles. The van der Waals surface area contributed by atoms with Gasteiger partial charge in [-0.3, -0.25) is 0 Å². The van der Waals surface area contributed by atoms with Crippen LogP contribution in [0.5, 0.6) is 0 Å². The smallest absolute Gasteiger partial charge is 0.0501 e. The molecule has 0 aromatic rings. The van der Waals surface area contributed by atoms with Crippen molar-refractivity contribution in [2.45, 2.75) is 0 Å². The largest absolute Gasteiger partial charge is 0.103 e. The Morgan fingerprint density at radius 1 is 1.67 bits per heavy atom. The quantitative estimate of drug-likeness (QED) is 0.357. The van der Waals surface area contributed by atoms with E-state index in [-0.39, 0.29) is 0 Å². The standard InChI is InChI=1S/C4H5Si2/c1-2-3-4-6-5/h2-4H,1H2/b4-3+. The van der Waals surface area contributed by atoms with Gasteiger partial charge in [0.05, 0.1) is 9.04 Å². The summed E-state index contributed by atoms with van der Waals surface area (Å²) in [5, 5.41) is 0. The van der Waals surface area contributed by atoms with Crippen LogP contribution in [0.4, 0.5) is 0 Å². The molecule has 0 aliphatic rings. The maximum Gasteiger partial charge on any atom is 0.0501 e. The van der Waals surface area contributed by atoms with E-state index in [2.05, 4.69) is 16.3 Å². The molecule has 0 saturated carbocycles. The molecule has 29 valence electrons. The molecule has 0 nitrogen and oxygen atoms in total. The summed E-state index contributed by atoms with van der Waals surface area (Å²) >= 11 is 0. The Labute approximate surface area is 44.0 Å². The fourth-order valence-corrected chi connectivity index (χ4v) is 0.637. The highest BCUT2D eigenvalue weighted by molar-refractivity contribution is 6.92. The van der Waals surface area contributed by atoms with E-state index in [1.165, 1.54) is 0 Å². The van der Waals surface area contributed by atoms with Crippen molar-refractivity contribution in [1.82, 2.24) is 0 Å². The molecule has 0 saturated heterocycles. The van der Waals surface area contributed by atoms with Crippen molar-refractivity contribution < 1.29 is 0 Å². The second-order valence-corrected chi connectivity index (χ2v) is 2.23. The van der Waals surface area contributed by atoms with Gasteiger partial charge in [0.15, 0.2) is 0 Å². The first-order valence-corrected chi connectivity index (χ1v) is 4.19. The van der Waals surface area contributed by atoms with E-state index in [1.54, 1.807) is 6.08 Å². The predicted molar refractivity (Wildman–Crippen MR) is 30.8 cm³/mol. The highest BCUT2D eigenvalue weighted by atomic mass is 29.1. The van der Waals surface area contributed by atoms with Crippen molar-refractivity contribution in [2.24, 2.45) is 0 Å². The van der Waals surface area contributed by atoms with Crippen molar-refractivity contribution in [2.75, 3.05) is 0 Å². The average molecular weight is 109 g/mol. The normalized spacial score (nSPS) is 9.50. The van der Waals surface area contributed by atoms with E-state index in [1.807, 2.05) is 11.8 Å². The summed E-state index contributed by atoms with van der Waals surface area (Å²) in [6.45, 7) is 3.49. The van der Waals surface area contributed by atoms with Crippen LogP contribution in [0.3, 0.4) is 0 Å². The molecule has 0 N–H and O–H groups in total. The van der Waals surface area contributed by atoms with Gasteiger partial charge in [0.2, 0.25) is 0 Å². The zero-order chi connectivity index (χ0) is 4.83. The van der Waals surface area contributed by atoms with E-state index >= 15 is 0 Å². The van der Waals surface area contributed by atoms with Gasteiger partial charge in [-0.2, -0.15) is 0 Å². The molecule has 0 aromatic carbocycles. The van der Waals surface area contributed by atoms with E-state index in [0.717, 1.165) is 9.04 Å². The molecule has 0 atom stereocenters. The lowest BCUT2D eigenvalue weighted by Crippen LogP contribution is -1.76. The summed E-state index contributed by atoms with van der Waals surface area (Å²) in [4.78, 5) is 0. The Hall–Kier alpha value is -0.0862. The van der Waals surface area contributed by atoms with E-state index in [4.69, 9.17) is 0 Å². The van der Waals surface area contributed by atoms with Crippen molar-refractivity contribution in [3.63, 3.8) is 0 Å². The molecule has 0 aliphatic heterocycles. The fourth-order valence-electron chi connectivity index (χ4n) is 0.116. The van der Waals surface area contributed by atoms with Crippen LogP contribution in [0, 0.1) is 0 Å². The van der Waals surface area contributed by atoms with E-state index in [9.17, 15) is 0 Å². The van der Waals surface area contributed by atoms with Gasteiger partial charge >= 0.3 is 0 Å². The van der Waals surface area contributed by atoms with Crippen molar-refractivity contribution in [3.05, 3.63) is 24.4 Å². The lowest BCUT2D eigenvalue weighted by molar-refractivity contribution is 2.11. The van der Waals surface area contributed by atoms with Gasteiger partial charge in [0.1, 0.15) is 0 Å². The second kappa shape index (κ2) is 4.91. The first-order valence-electron chi connectivity index (χ1n) is 1.61. The zero-order valence-electron chi connectivity index (χ0n) is 3.44. The number of hydrogen-bond acceptors (Lipinski definition) is 0. The van der Waals surface area contributed by atoms with Gasteiger partial charge < -0.3 is 0 Å². The zero-order valence-corrected chi connectivity index (χ0v) is 5.44. The van der Waals surface area contributed by atoms with Crippen LogP contribution in [0.2, 0.25) is 0 Å². The maximum absolute atomic E-state index is 3.49. The molecule has 6 heavy (non-hydrogen) atoms. The van der Waals surface area contributed by atoms with Crippen molar-refractivity contribution in [3.8, 4) is 0 Å². The topological polar surface area (TPSA) is 0 Å². The highest BCUT2D eigenvalue weighted by Crippen LogP contribution is 1.64. The predicted octanol–water partition coefficient (Wildman–Crippen LogP) is 0.474. The molecule has 0 fully saturated rings. The number of rotatable bonds is 2. The highest BCUT2D eigenvalue weighted by Gasteiger charge is 1.58. The molecule has 0 aliphatic carbocycles. The van der Waals surface area contributed by atoms with Crippen molar-refractivity contribution >= 4 is 18.8 Å². The van der Waals surface area contributed by atoms with Crippen LogP contribution < -0.4 is 0 Å². The van der Waals surface area contributed by atoms with Crippen LogP contribution >= 0.6 is 0 Å². The van der Waals surface area contributed by atoms with Gasteiger partial charge in [-0.1, -0.05) is 18.7 Å². The summed E-state index contributed by atoms with van der Waals surface area (Å²) < 4.78 is 0. The van der Waals surface area contributed by atoms with Crippen LogP contribution in [-0.4, -0.2) is 18.8 Å². The molecule has 0 amide bonds. The molecule has 5 radical (unpaired) electrons. The Kier molecular flexibility index (Phi) is 4.84. The molecular formula is C4H5Si2. The molecule has 0 rings (SSSR count). The van der Waals surface area contributed by atoms with Gasteiger partial charge in [0, 0.05) is 9.76 Å². The second-order valence-electron chi connectivity index (χ2n) is 0.739. The molecule has 0 bridgehead atoms. The van der Waals surface area contributed by atoms with Crippen molar-refractivity contribution in [1.29, 1.82) is 0 Å². The SMILES string of the molecule is C=C/C=C/[Si][Si]. The summed E-state index contributed by atoms with van der Waals surface area (Å²) in [5.74, 6) is 0. The van der Waals surface area contributed by atoms with Crippen LogP contribution in [0.15, 0.2) is 24.4 Å². The lowest BCUT2D eigenvalue weighted by Gasteiger charge is -1.65. The summed E-state index contributed by atoms with van der Waals surface area (Å²) in [6.07, 6.45) is 3.67. The third-order valence-electron chi connectivity index (χ3n) is 0.316. The molecule has 2 heteroatoms. The van der Waals surface area contributed by atoms with Crippen LogP contribution in [-0.2, 0) is 0 Å². The van der Waals surface area contributed by atoms with Gasteiger partial charge in [0.25, 0.3) is 0 Å². The Morgan fingerprint density at radius 2 is 2.33 bits per heavy atom. The summed E-state index contributed by atoms with van der Waals surface area (Å²) in [7, 11) is 4.00. The first-order chi connectivity index (χ1) is 2.91. The Bertz CT molecular complexity index is 56.6. The molecule has 0 unspecified atom stereocenters. The fraction of sp³-hybridized carbons (Fsp3) is 0. The van der Waals surface area contributed by atoms with Gasteiger partial charge in [-0.15, -0.1) is 5.70 Å². The third kappa shape index (κ3) is 3.91. The number of hydrogen-bond donors (Lipinski definition) is 0. The van der Waals surface area contributed by atoms with Gasteiger partial charge in [-0.05, 0) is 0 Å². The average Bonchev–Trinajstić information content (AvgIpc) is 1.61. The van der Waals surface area contributed by atoms with E-state index < -0.39 is 0 Å². The summed E-state index contributed by atoms with van der Waals surface area (Å²) in [5.41, 5.74) is 2.00. The monoisotopic (exact) mass is 109 g/mol. The minimum absolute atomic E-state index is 0.718. The Balaban J connectivity index is 2.94. The lowest BCUT2D eigenvalue weighted by atomic mass is 10.6. The third-order valence-corrected chi connectivity index (χ3v) is 1.17. The minimum atomic E-state index is 0.718.